The Morgan fingerprint density at radius 2 is 1.93 bits per heavy atom. The van der Waals surface area contributed by atoms with Crippen molar-refractivity contribution in [2.24, 2.45) is 4.99 Å². The van der Waals surface area contributed by atoms with Gasteiger partial charge in [-0.05, 0) is 35.9 Å². The maximum atomic E-state index is 13.2. The Balaban J connectivity index is 1.30. The minimum Gasteiger partial charge on any atom is -0.508 e. The quantitative estimate of drug-likeness (QED) is 0.121. The molecule has 0 amide bonds. The molecule has 0 spiro atoms. The molecule has 3 aliphatic rings. The van der Waals surface area contributed by atoms with Gasteiger partial charge in [-0.25, -0.2) is 0 Å². The molecule has 4 heterocycles. The number of quaternary nitrogens is 1. The van der Waals surface area contributed by atoms with Crippen LogP contribution in [0.5, 0.6) is 11.5 Å². The number of ether oxygens (including phenoxy) is 3. The Hall–Kier alpha value is -4.90. The number of phenolic OH excluding ortho intramolecular Hbond substituents is 1. The van der Waals surface area contributed by atoms with E-state index in [-0.39, 0.29) is 33.5 Å². The first-order valence-electron chi connectivity index (χ1n) is 14.1. The van der Waals surface area contributed by atoms with Gasteiger partial charge in [-0.3, -0.25) is 19.4 Å². The molecule has 1 saturated heterocycles. The van der Waals surface area contributed by atoms with Gasteiger partial charge in [0, 0.05) is 17.9 Å². The van der Waals surface area contributed by atoms with Crippen molar-refractivity contribution in [1.82, 2.24) is 0 Å². The second-order valence-corrected chi connectivity index (χ2v) is 10.9. The van der Waals surface area contributed by atoms with Crippen LogP contribution in [0.25, 0.3) is 22.1 Å². The highest BCUT2D eigenvalue weighted by atomic mass is 16.8. The number of nitrogens with zero attached hydrogens (tertiary/aromatic N) is 1. The smallest absolute Gasteiger partial charge is 0.317 e. The predicted octanol–water partition coefficient (Wildman–Crippen LogP) is -0.578. The van der Waals surface area contributed by atoms with E-state index in [4.69, 9.17) is 28.6 Å². The molecule has 1 fully saturated rings. The number of aromatic hydroxyl groups is 1. The Kier molecular flexibility index (Phi) is 8.43. The molecule has 46 heavy (non-hydrogen) atoms. The standard InChI is InChI=1S/C31H28N2O13/c34-15-31(41)28(40)24(14-43-26(38)10-25(36)37)45-30(29(31)46-33-11-17-7-8-32-22(17)12-33)44-19-5-6-20-23(9-19)42-13-21(27(20)39)16-1-3-18(35)4-2-16/h1-9,12-13,24,28-30,34-35,40-41H,10-11,14-15H2,(H,36,37)/p+1. The summed E-state index contributed by atoms with van der Waals surface area (Å²) in [5, 5.41) is 52.0. The van der Waals surface area contributed by atoms with Crippen molar-refractivity contribution in [3.63, 3.8) is 0 Å². The van der Waals surface area contributed by atoms with Crippen LogP contribution in [-0.4, -0.2) is 93.6 Å². The highest BCUT2D eigenvalue weighted by Gasteiger charge is 2.60. The van der Waals surface area contributed by atoms with Crippen LogP contribution < -0.4 is 15.2 Å². The van der Waals surface area contributed by atoms with Gasteiger partial charge in [0.1, 0.15) is 60.8 Å². The predicted molar refractivity (Wildman–Crippen MR) is 155 cm³/mol. The lowest BCUT2D eigenvalue weighted by Gasteiger charge is -2.47. The van der Waals surface area contributed by atoms with Crippen molar-refractivity contribution in [3.05, 3.63) is 82.5 Å². The number of allylic oxidation sites excluding steroid dienone is 1. The summed E-state index contributed by atoms with van der Waals surface area (Å²) in [6.07, 6.45) is -1.08. The van der Waals surface area contributed by atoms with Gasteiger partial charge in [0.05, 0.1) is 17.6 Å². The lowest BCUT2D eigenvalue weighted by Crippen LogP contribution is -3.07. The summed E-state index contributed by atoms with van der Waals surface area (Å²) in [5.41, 5.74) is -0.319. The van der Waals surface area contributed by atoms with Crippen LogP contribution in [0.1, 0.15) is 6.42 Å². The molecular weight excluding hydrogens is 608 g/mol. The van der Waals surface area contributed by atoms with Crippen LogP contribution in [0, 0.1) is 0 Å². The number of aliphatic hydroxyl groups is 3. The SMILES string of the molecule is O=C(O)CC(=O)OCC1OC(Oc2ccc3c(=O)c(-c4ccc(O)cc4)coc3c2)C(O[NH+]2C=C3N=CC=C3C2)C(O)(CO)C1O. The number of aliphatic imine (C=N–C) groups is 1. The van der Waals surface area contributed by atoms with Gasteiger partial charge < -0.3 is 44.2 Å². The van der Waals surface area contributed by atoms with E-state index in [2.05, 4.69) is 4.99 Å². The summed E-state index contributed by atoms with van der Waals surface area (Å²) in [4.78, 5) is 46.3. The van der Waals surface area contributed by atoms with E-state index in [1.54, 1.807) is 30.6 Å². The topological polar surface area (TPSA) is 219 Å². The summed E-state index contributed by atoms with van der Waals surface area (Å²) < 4.78 is 22.7. The van der Waals surface area contributed by atoms with Crippen molar-refractivity contribution in [2.45, 2.75) is 36.6 Å². The third-order valence-electron chi connectivity index (χ3n) is 7.81. The molecule has 15 heteroatoms. The number of hydrogen-bond donors (Lipinski definition) is 6. The average molecular weight is 638 g/mol. The van der Waals surface area contributed by atoms with Crippen LogP contribution >= 0.6 is 0 Å². The number of phenols is 1. The van der Waals surface area contributed by atoms with Crippen molar-refractivity contribution in [2.75, 3.05) is 19.8 Å². The highest BCUT2D eigenvalue weighted by Crippen LogP contribution is 2.34. The number of hydrogen-bond acceptors (Lipinski definition) is 13. The Labute approximate surface area is 259 Å². The number of benzene rings is 2. The average Bonchev–Trinajstić information content (AvgIpc) is 3.63. The van der Waals surface area contributed by atoms with Crippen LogP contribution in [0.15, 0.2) is 86.5 Å². The molecule has 0 saturated carbocycles. The minimum atomic E-state index is -2.42. The second-order valence-electron chi connectivity index (χ2n) is 10.9. The van der Waals surface area contributed by atoms with E-state index in [1.807, 2.05) is 0 Å². The van der Waals surface area contributed by atoms with Gasteiger partial charge in [0.25, 0.3) is 0 Å². The number of fused-ring (bicyclic) bond motifs is 2. The second kappa shape index (κ2) is 12.5. The molecule has 6 rings (SSSR count). The van der Waals surface area contributed by atoms with Gasteiger partial charge in [-0.1, -0.05) is 12.1 Å². The number of aliphatic carboxylic acids is 1. The van der Waals surface area contributed by atoms with E-state index in [0.717, 1.165) is 5.57 Å². The molecule has 6 N–H and O–H groups in total. The summed E-state index contributed by atoms with van der Waals surface area (Å²) >= 11 is 0. The molecular formula is C31H29N2O13+. The highest BCUT2D eigenvalue weighted by molar-refractivity contribution is 5.90. The maximum absolute atomic E-state index is 13.2. The van der Waals surface area contributed by atoms with Crippen molar-refractivity contribution in [3.8, 4) is 22.6 Å². The van der Waals surface area contributed by atoms with E-state index < -0.39 is 61.8 Å². The molecule has 0 radical (unpaired) electrons. The first-order valence-corrected chi connectivity index (χ1v) is 14.1. The van der Waals surface area contributed by atoms with Gasteiger partial charge in [-0.2, -0.15) is 9.90 Å². The molecule has 2 aromatic carbocycles. The summed E-state index contributed by atoms with van der Waals surface area (Å²) in [7, 11) is 0. The number of carbonyl (C=O) groups excluding carboxylic acids is 1. The molecule has 240 valence electrons. The largest absolute Gasteiger partial charge is 0.508 e. The molecule has 6 atom stereocenters. The fourth-order valence-electron chi connectivity index (χ4n) is 5.40. The van der Waals surface area contributed by atoms with Gasteiger partial charge in [-0.15, -0.1) is 0 Å². The molecule has 0 aliphatic carbocycles. The minimum absolute atomic E-state index is 0.0423. The molecule has 6 unspecified atom stereocenters. The Bertz CT molecular complexity index is 1820. The van der Waals surface area contributed by atoms with Crippen molar-refractivity contribution >= 4 is 29.1 Å². The Morgan fingerprint density at radius 1 is 1.15 bits per heavy atom. The lowest BCUT2D eigenvalue weighted by atomic mass is 9.84. The normalized spacial score (nSPS) is 26.8. The van der Waals surface area contributed by atoms with Crippen molar-refractivity contribution < 1.29 is 63.7 Å². The van der Waals surface area contributed by atoms with Gasteiger partial charge >= 0.3 is 11.9 Å². The monoisotopic (exact) mass is 637 g/mol. The molecule has 0 bridgehead atoms. The molecule has 3 aromatic rings. The van der Waals surface area contributed by atoms with E-state index in [9.17, 15) is 34.8 Å². The van der Waals surface area contributed by atoms with E-state index >= 15 is 0 Å². The number of hydroxylamine groups is 2. The summed E-state index contributed by atoms with van der Waals surface area (Å²) in [6.45, 7) is -1.41. The van der Waals surface area contributed by atoms with E-state index in [1.165, 1.54) is 36.6 Å². The van der Waals surface area contributed by atoms with E-state index in [0.29, 0.717) is 22.9 Å². The lowest BCUT2D eigenvalue weighted by molar-refractivity contribution is -1.05. The molecule has 1 aromatic heterocycles. The number of carboxylic acids is 1. The number of esters is 1. The first kappa shape index (κ1) is 31.1. The fraction of sp³-hybridized carbons (Fsp3) is 0.290. The number of rotatable bonds is 10. The van der Waals surface area contributed by atoms with Crippen LogP contribution in [0.3, 0.4) is 0 Å². The van der Waals surface area contributed by atoms with Crippen LogP contribution in [-0.2, 0) is 23.9 Å². The van der Waals surface area contributed by atoms with Crippen LogP contribution in [0.2, 0.25) is 0 Å². The zero-order chi connectivity index (χ0) is 32.6. The van der Waals surface area contributed by atoms with Gasteiger partial charge in [0.15, 0.2) is 17.2 Å². The zero-order valence-electron chi connectivity index (χ0n) is 23.9. The summed E-state index contributed by atoms with van der Waals surface area (Å²) in [6, 6.07) is 10.3. The fourth-order valence-corrected chi connectivity index (χ4v) is 5.40. The van der Waals surface area contributed by atoms with Crippen LogP contribution in [0.4, 0.5) is 0 Å². The third kappa shape index (κ3) is 6.02. The number of carboxylic acid groups (broad SMARTS) is 1. The maximum Gasteiger partial charge on any atom is 0.317 e. The summed E-state index contributed by atoms with van der Waals surface area (Å²) in [5.74, 6) is -2.41. The number of aliphatic hydroxyl groups excluding tert-OH is 2. The third-order valence-corrected chi connectivity index (χ3v) is 7.81. The molecule has 15 nitrogen and oxygen atoms in total. The zero-order valence-corrected chi connectivity index (χ0v) is 23.9. The first-order chi connectivity index (χ1) is 22.0. The van der Waals surface area contributed by atoms with Gasteiger partial charge in [0.2, 0.25) is 12.4 Å². The molecule has 3 aliphatic heterocycles. The number of carbonyl (C=O) groups is 2. The Morgan fingerprint density at radius 3 is 2.65 bits per heavy atom. The number of nitrogens with one attached hydrogen (secondary N) is 1. The van der Waals surface area contributed by atoms with Crippen molar-refractivity contribution in [1.29, 1.82) is 0 Å².